The van der Waals surface area contributed by atoms with Crippen molar-refractivity contribution in [1.29, 1.82) is 0 Å². The zero-order valence-corrected chi connectivity index (χ0v) is 20.0. The van der Waals surface area contributed by atoms with Crippen LogP contribution in [0.5, 0.6) is 0 Å². The monoisotopic (exact) mass is 486 g/mol. The van der Waals surface area contributed by atoms with Crippen molar-refractivity contribution in [3.05, 3.63) is 140 Å². The summed E-state index contributed by atoms with van der Waals surface area (Å²) >= 11 is 0. The van der Waals surface area contributed by atoms with E-state index in [-0.39, 0.29) is 6.73 Å². The minimum Gasteiger partial charge on any atom is -0.374 e. The number of hydrogen-bond donors (Lipinski definition) is 1. The molecule has 0 amide bonds. The maximum Gasteiger partial charge on any atom is 0.330 e. The van der Waals surface area contributed by atoms with Crippen LogP contribution in [0.3, 0.4) is 0 Å². The molecule has 0 bridgehead atoms. The largest absolute Gasteiger partial charge is 0.374 e. The van der Waals surface area contributed by atoms with Crippen molar-refractivity contribution < 1.29 is 14.2 Å². The molecule has 0 spiro atoms. The van der Waals surface area contributed by atoms with Crippen LogP contribution in [0, 0.1) is 0 Å². The molecule has 4 aromatic rings. The molecular weight excluding hydrogens is 456 g/mol. The molecule has 0 aliphatic heterocycles. The van der Waals surface area contributed by atoms with Crippen LogP contribution >= 0.6 is 0 Å². The number of ether oxygens (including phenoxy) is 3. The Morgan fingerprint density at radius 3 is 1.72 bits per heavy atom. The van der Waals surface area contributed by atoms with E-state index in [0.717, 1.165) is 16.7 Å². The summed E-state index contributed by atoms with van der Waals surface area (Å²) in [6.45, 7) is 1.43. The van der Waals surface area contributed by atoms with Crippen molar-refractivity contribution in [1.82, 2.24) is 9.55 Å². The fourth-order valence-corrected chi connectivity index (χ4v) is 3.69. The SMILES string of the molecule is O=c1[nH]c(=O)n(COC(COCc2ccccc2)COCc2ccccc2)cc1Cc1ccccc1. The average Bonchev–Trinajstić information content (AvgIpc) is 2.91. The Morgan fingerprint density at radius 1 is 0.694 bits per heavy atom. The van der Waals surface area contributed by atoms with E-state index in [9.17, 15) is 9.59 Å². The highest BCUT2D eigenvalue weighted by atomic mass is 16.6. The van der Waals surface area contributed by atoms with Crippen LogP contribution < -0.4 is 11.2 Å². The van der Waals surface area contributed by atoms with Crippen LogP contribution in [0.15, 0.2) is 107 Å². The van der Waals surface area contributed by atoms with Crippen molar-refractivity contribution in [3.63, 3.8) is 0 Å². The third kappa shape index (κ3) is 7.88. The normalized spacial score (nSPS) is 11.1. The second-order valence-corrected chi connectivity index (χ2v) is 8.47. The fraction of sp³-hybridized carbons (Fsp3) is 0.241. The van der Waals surface area contributed by atoms with E-state index < -0.39 is 17.4 Å². The van der Waals surface area contributed by atoms with Crippen LogP contribution in [-0.4, -0.2) is 28.9 Å². The quantitative estimate of drug-likeness (QED) is 0.310. The highest BCUT2D eigenvalue weighted by Gasteiger charge is 2.13. The minimum atomic E-state index is -0.522. The summed E-state index contributed by atoms with van der Waals surface area (Å²) < 4.78 is 19.1. The van der Waals surface area contributed by atoms with Gasteiger partial charge in [-0.1, -0.05) is 91.0 Å². The number of benzene rings is 3. The van der Waals surface area contributed by atoms with E-state index in [1.54, 1.807) is 6.20 Å². The molecule has 0 saturated heterocycles. The van der Waals surface area contributed by atoms with E-state index in [1.165, 1.54) is 4.57 Å². The van der Waals surface area contributed by atoms with Gasteiger partial charge < -0.3 is 14.2 Å². The number of H-pyrrole nitrogens is 1. The Balaban J connectivity index is 1.39. The molecule has 1 N–H and O–H groups in total. The van der Waals surface area contributed by atoms with Crippen LogP contribution in [0.1, 0.15) is 22.3 Å². The van der Waals surface area contributed by atoms with Crippen molar-refractivity contribution in [2.45, 2.75) is 32.5 Å². The van der Waals surface area contributed by atoms with E-state index in [0.29, 0.717) is 38.4 Å². The first-order valence-electron chi connectivity index (χ1n) is 11.9. The van der Waals surface area contributed by atoms with Gasteiger partial charge in [0.25, 0.3) is 5.56 Å². The minimum absolute atomic E-state index is 0.0362. The summed E-state index contributed by atoms with van der Waals surface area (Å²) in [5.41, 5.74) is 2.67. The lowest BCUT2D eigenvalue weighted by Crippen LogP contribution is -2.35. The summed E-state index contributed by atoms with van der Waals surface area (Å²) in [6.07, 6.45) is 1.56. The van der Waals surface area contributed by atoms with Crippen molar-refractivity contribution >= 4 is 0 Å². The molecule has 0 saturated carbocycles. The van der Waals surface area contributed by atoms with E-state index in [1.807, 2.05) is 91.0 Å². The first kappa shape index (κ1) is 25.3. The molecule has 0 aliphatic rings. The highest BCUT2D eigenvalue weighted by molar-refractivity contribution is 5.22. The Morgan fingerprint density at radius 2 is 1.19 bits per heavy atom. The summed E-state index contributed by atoms with van der Waals surface area (Å²) in [5, 5.41) is 0. The molecule has 1 aromatic heterocycles. The van der Waals surface area contributed by atoms with Gasteiger partial charge in [0, 0.05) is 18.2 Å². The highest BCUT2D eigenvalue weighted by Crippen LogP contribution is 2.07. The molecule has 0 fully saturated rings. The van der Waals surface area contributed by atoms with Crippen LogP contribution in [-0.2, 0) is 40.6 Å². The molecule has 4 rings (SSSR count). The van der Waals surface area contributed by atoms with E-state index in [4.69, 9.17) is 14.2 Å². The molecule has 186 valence electrons. The Bertz CT molecular complexity index is 1260. The van der Waals surface area contributed by atoms with Crippen molar-refractivity contribution in [3.8, 4) is 0 Å². The lowest BCUT2D eigenvalue weighted by Gasteiger charge is -2.19. The Kier molecular flexibility index (Phi) is 9.39. The number of rotatable bonds is 13. The number of hydrogen-bond acceptors (Lipinski definition) is 5. The molecule has 1 heterocycles. The molecule has 0 unspecified atom stereocenters. The van der Waals surface area contributed by atoms with Gasteiger partial charge in [-0.15, -0.1) is 0 Å². The van der Waals surface area contributed by atoms with Gasteiger partial charge in [-0.3, -0.25) is 14.3 Å². The zero-order valence-electron chi connectivity index (χ0n) is 20.0. The second kappa shape index (κ2) is 13.3. The molecule has 0 radical (unpaired) electrons. The van der Waals surface area contributed by atoms with Gasteiger partial charge in [-0.25, -0.2) is 4.79 Å². The Labute approximate surface area is 209 Å². The van der Waals surface area contributed by atoms with Crippen LogP contribution in [0.2, 0.25) is 0 Å². The predicted molar refractivity (Wildman–Crippen MR) is 138 cm³/mol. The average molecular weight is 487 g/mol. The number of nitrogens with one attached hydrogen (secondary N) is 1. The van der Waals surface area contributed by atoms with Crippen molar-refractivity contribution in [2.75, 3.05) is 13.2 Å². The van der Waals surface area contributed by atoms with Gasteiger partial charge in [0.1, 0.15) is 12.8 Å². The van der Waals surface area contributed by atoms with E-state index in [2.05, 4.69) is 4.98 Å². The first-order valence-corrected chi connectivity index (χ1v) is 11.9. The number of nitrogens with zero attached hydrogens (tertiary/aromatic N) is 1. The van der Waals surface area contributed by atoms with Gasteiger partial charge in [0.15, 0.2) is 0 Å². The maximum absolute atomic E-state index is 12.4. The zero-order chi connectivity index (χ0) is 25.0. The lowest BCUT2D eigenvalue weighted by molar-refractivity contribution is -0.0883. The second-order valence-electron chi connectivity index (χ2n) is 8.47. The maximum atomic E-state index is 12.4. The summed E-state index contributed by atoms with van der Waals surface area (Å²) in [5.74, 6) is 0. The lowest BCUT2D eigenvalue weighted by atomic mass is 10.1. The molecule has 36 heavy (non-hydrogen) atoms. The predicted octanol–water partition coefficient (Wildman–Crippen LogP) is 3.90. The number of aromatic nitrogens is 2. The summed E-state index contributed by atoms with van der Waals surface area (Å²) in [4.78, 5) is 27.1. The first-order chi connectivity index (χ1) is 17.7. The standard InChI is InChI=1S/C29H30N2O5/c32-28-26(16-23-10-4-1-5-11-23)17-31(29(33)30-28)22-36-27(20-34-18-24-12-6-2-7-13-24)21-35-19-25-14-8-3-9-15-25/h1-15,17,27H,16,18-22H2,(H,30,32,33). The molecule has 7 nitrogen and oxygen atoms in total. The van der Waals surface area contributed by atoms with Crippen LogP contribution in [0.4, 0.5) is 0 Å². The van der Waals surface area contributed by atoms with Crippen LogP contribution in [0.25, 0.3) is 0 Å². The fourth-order valence-electron chi connectivity index (χ4n) is 3.69. The molecule has 0 aliphatic carbocycles. The summed E-state index contributed by atoms with van der Waals surface area (Å²) in [7, 11) is 0. The Hall–Kier alpha value is -3.78. The van der Waals surface area contributed by atoms with E-state index >= 15 is 0 Å². The molecule has 7 heteroatoms. The van der Waals surface area contributed by atoms with Gasteiger partial charge in [-0.05, 0) is 16.7 Å². The van der Waals surface area contributed by atoms with Crippen molar-refractivity contribution in [2.24, 2.45) is 0 Å². The van der Waals surface area contributed by atoms with Gasteiger partial charge in [-0.2, -0.15) is 0 Å². The molecule has 0 atom stereocenters. The number of aromatic amines is 1. The smallest absolute Gasteiger partial charge is 0.330 e. The third-order valence-electron chi connectivity index (χ3n) is 5.60. The third-order valence-corrected chi connectivity index (χ3v) is 5.60. The van der Waals surface area contributed by atoms with Gasteiger partial charge in [0.05, 0.1) is 26.4 Å². The molecular formula is C29H30N2O5. The summed E-state index contributed by atoms with van der Waals surface area (Å²) in [6, 6.07) is 29.4. The van der Waals surface area contributed by atoms with Gasteiger partial charge in [0.2, 0.25) is 0 Å². The molecule has 3 aromatic carbocycles. The van der Waals surface area contributed by atoms with Gasteiger partial charge >= 0.3 is 5.69 Å². The topological polar surface area (TPSA) is 82.6 Å².